The van der Waals surface area contributed by atoms with Gasteiger partial charge in [0.2, 0.25) is 0 Å². The number of hydrogen-bond acceptors (Lipinski definition) is 7. The number of ether oxygens (including phenoxy) is 2. The van der Waals surface area contributed by atoms with E-state index in [-0.39, 0.29) is 19.0 Å². The van der Waals surface area contributed by atoms with Gasteiger partial charge in [-0.1, -0.05) is 198 Å². The molecule has 0 aromatic heterocycles. The van der Waals surface area contributed by atoms with E-state index in [0.717, 1.165) is 77.7 Å². The van der Waals surface area contributed by atoms with Gasteiger partial charge in [0, 0.05) is 20.0 Å². The molecule has 0 aromatic carbocycles. The molecule has 322 valence electrons. The van der Waals surface area contributed by atoms with Crippen LogP contribution >= 0.6 is 7.82 Å². The second-order valence-corrected chi connectivity index (χ2v) is 16.7. The molecule has 55 heavy (non-hydrogen) atoms. The number of unbranched alkanes of at least 4 members (excludes halogenated alkanes) is 25. The second-order valence-electron chi connectivity index (χ2n) is 15.2. The highest BCUT2D eigenvalue weighted by Crippen LogP contribution is 2.42. The number of carbonyl (C=O) groups excluding carboxylic acids is 2. The maximum absolute atomic E-state index is 12.5. The molecule has 0 amide bonds. The number of carbonyl (C=O) groups is 2. The van der Waals surface area contributed by atoms with Crippen LogP contribution in [0.3, 0.4) is 0 Å². The summed E-state index contributed by atoms with van der Waals surface area (Å²) in [6.07, 6.45) is 49.2. The third-order valence-electron chi connectivity index (χ3n) is 9.90. The highest BCUT2D eigenvalue weighted by molar-refractivity contribution is 7.47. The molecule has 0 rings (SSSR count). The normalized spacial score (nSPS) is 13.6. The van der Waals surface area contributed by atoms with Gasteiger partial charge in [0.05, 0.1) is 6.61 Å². The molecule has 0 aliphatic rings. The Kier molecular flexibility index (Phi) is 40.6. The summed E-state index contributed by atoms with van der Waals surface area (Å²) in [7, 11) is -3.21. The van der Waals surface area contributed by atoms with E-state index in [1.807, 2.05) is 0 Å². The average molecular weight is 797 g/mol. The van der Waals surface area contributed by atoms with Crippen LogP contribution in [0.1, 0.15) is 219 Å². The average Bonchev–Trinajstić information content (AvgIpc) is 3.18. The van der Waals surface area contributed by atoms with Crippen molar-refractivity contribution in [2.24, 2.45) is 0 Å². The van der Waals surface area contributed by atoms with Crippen molar-refractivity contribution in [3.05, 3.63) is 36.5 Å². The van der Waals surface area contributed by atoms with Crippen molar-refractivity contribution in [3.63, 3.8) is 0 Å². The highest BCUT2D eigenvalue weighted by Gasteiger charge is 2.24. The molecule has 0 heterocycles. The topological polar surface area (TPSA) is 108 Å². The lowest BCUT2D eigenvalue weighted by Gasteiger charge is -2.19. The summed E-state index contributed by atoms with van der Waals surface area (Å²) in [6.45, 7) is 3.79. The molecule has 0 aliphatic carbocycles. The third-order valence-corrected chi connectivity index (χ3v) is 10.8. The molecule has 0 saturated heterocycles. The van der Waals surface area contributed by atoms with Crippen LogP contribution in [0.2, 0.25) is 0 Å². The van der Waals surface area contributed by atoms with E-state index in [4.69, 9.17) is 14.0 Å². The maximum Gasteiger partial charge on any atom is 0.472 e. The molecule has 0 fully saturated rings. The third kappa shape index (κ3) is 41.7. The Hall–Kier alpha value is -1.73. The van der Waals surface area contributed by atoms with Crippen molar-refractivity contribution in [2.45, 2.75) is 225 Å². The zero-order chi connectivity index (χ0) is 40.3. The van der Waals surface area contributed by atoms with Crippen LogP contribution in [0.15, 0.2) is 36.5 Å². The largest absolute Gasteiger partial charge is 0.472 e. The first-order valence-corrected chi connectivity index (χ1v) is 24.2. The van der Waals surface area contributed by atoms with E-state index in [1.54, 1.807) is 0 Å². The molecule has 0 bridgehead atoms. The van der Waals surface area contributed by atoms with Crippen molar-refractivity contribution in [3.8, 4) is 0 Å². The first kappa shape index (κ1) is 53.3. The van der Waals surface area contributed by atoms with Crippen LogP contribution in [0.4, 0.5) is 0 Å². The Labute approximate surface area is 338 Å². The van der Waals surface area contributed by atoms with Gasteiger partial charge in [-0.2, -0.15) is 0 Å². The van der Waals surface area contributed by atoms with Gasteiger partial charge in [0.15, 0.2) is 6.10 Å². The molecule has 0 aromatic rings. The quantitative estimate of drug-likeness (QED) is 0.0281. The maximum atomic E-state index is 12.5. The molecule has 2 unspecified atom stereocenters. The second kappa shape index (κ2) is 41.9. The van der Waals surface area contributed by atoms with E-state index in [2.05, 4.69) is 54.8 Å². The van der Waals surface area contributed by atoms with Crippen LogP contribution in [0.5, 0.6) is 0 Å². The number of rotatable bonds is 42. The minimum absolute atomic E-state index is 0.227. The van der Waals surface area contributed by atoms with Gasteiger partial charge in [-0.3, -0.25) is 18.6 Å². The molecule has 0 aliphatic heterocycles. The van der Waals surface area contributed by atoms with Crippen molar-refractivity contribution in [1.29, 1.82) is 0 Å². The highest BCUT2D eigenvalue weighted by atomic mass is 31.2. The van der Waals surface area contributed by atoms with E-state index >= 15 is 0 Å². The van der Waals surface area contributed by atoms with Crippen LogP contribution < -0.4 is 0 Å². The molecule has 0 saturated carbocycles. The number of phosphoric acid groups is 1. The van der Waals surface area contributed by atoms with Gasteiger partial charge in [0.1, 0.15) is 6.61 Å². The van der Waals surface area contributed by atoms with Gasteiger partial charge >= 0.3 is 19.8 Å². The summed E-state index contributed by atoms with van der Waals surface area (Å²) < 4.78 is 32.0. The summed E-state index contributed by atoms with van der Waals surface area (Å²) in [4.78, 5) is 34.5. The minimum Gasteiger partial charge on any atom is -0.462 e. The van der Waals surface area contributed by atoms with Gasteiger partial charge in [0.25, 0.3) is 0 Å². The Morgan fingerprint density at radius 1 is 0.527 bits per heavy atom. The summed E-state index contributed by atoms with van der Waals surface area (Å²) in [6, 6.07) is 0. The fraction of sp³-hybridized carbons (Fsp3) is 0.826. The number of esters is 2. The summed E-state index contributed by atoms with van der Waals surface area (Å²) in [5, 5.41) is 0. The fourth-order valence-electron chi connectivity index (χ4n) is 6.44. The minimum atomic E-state index is -4.27. The summed E-state index contributed by atoms with van der Waals surface area (Å²) >= 11 is 0. The smallest absolute Gasteiger partial charge is 0.462 e. The molecule has 2 atom stereocenters. The van der Waals surface area contributed by atoms with Crippen LogP contribution in [0, 0.1) is 0 Å². The Bertz CT molecular complexity index is 994. The lowest BCUT2D eigenvalue weighted by molar-refractivity contribution is -0.161. The van der Waals surface area contributed by atoms with Gasteiger partial charge in [-0.15, -0.1) is 0 Å². The lowest BCUT2D eigenvalue weighted by atomic mass is 10.0. The first-order chi connectivity index (χ1) is 26.8. The number of allylic oxidation sites excluding steroid dienone is 6. The van der Waals surface area contributed by atoms with E-state index < -0.39 is 26.5 Å². The summed E-state index contributed by atoms with van der Waals surface area (Å²) in [5.41, 5.74) is 0. The van der Waals surface area contributed by atoms with Crippen LogP contribution in [-0.2, 0) is 32.7 Å². The van der Waals surface area contributed by atoms with E-state index in [0.29, 0.717) is 12.8 Å². The van der Waals surface area contributed by atoms with Crippen LogP contribution in [-0.4, -0.2) is 43.3 Å². The predicted octanol–water partition coefficient (Wildman–Crippen LogP) is 14.4. The molecular weight excluding hydrogens is 711 g/mol. The molecule has 0 spiro atoms. The van der Waals surface area contributed by atoms with Crippen molar-refractivity contribution in [2.75, 3.05) is 20.3 Å². The summed E-state index contributed by atoms with van der Waals surface area (Å²) in [5.74, 6) is -0.815. The van der Waals surface area contributed by atoms with Crippen molar-refractivity contribution < 1.29 is 37.6 Å². The van der Waals surface area contributed by atoms with Crippen molar-refractivity contribution >= 4 is 19.8 Å². The zero-order valence-electron chi connectivity index (χ0n) is 35.8. The monoisotopic (exact) mass is 797 g/mol. The Morgan fingerprint density at radius 3 is 1.38 bits per heavy atom. The first-order valence-electron chi connectivity index (χ1n) is 22.7. The molecule has 1 N–H and O–H groups in total. The predicted molar refractivity (Wildman–Crippen MR) is 230 cm³/mol. The van der Waals surface area contributed by atoms with Gasteiger partial charge < -0.3 is 14.4 Å². The van der Waals surface area contributed by atoms with Gasteiger partial charge in [-0.25, -0.2) is 4.57 Å². The molecular formula is C46H85O8P. The Morgan fingerprint density at radius 2 is 0.927 bits per heavy atom. The molecule has 9 heteroatoms. The standard InChI is InChI=1S/C46H85O8P/c1-4-6-8-10-12-14-16-18-20-21-22-23-24-25-27-28-30-32-34-36-38-40-45(47)52-42-44(43-53-55(49,50)51-3)54-46(48)41-39-37-35-33-31-29-26-19-17-15-13-11-9-7-5-2/h7,9,13,15,19,26,44H,4-6,8,10-12,14,16-18,20-25,27-43H2,1-3H3,(H,49,50)/b9-7-,15-13-,26-19-. The lowest BCUT2D eigenvalue weighted by Crippen LogP contribution is -2.29. The van der Waals surface area contributed by atoms with Crippen molar-refractivity contribution in [1.82, 2.24) is 0 Å². The molecule has 8 nitrogen and oxygen atoms in total. The Balaban J connectivity index is 3.92. The van der Waals surface area contributed by atoms with E-state index in [1.165, 1.54) is 116 Å². The van der Waals surface area contributed by atoms with Crippen LogP contribution in [0.25, 0.3) is 0 Å². The fourth-order valence-corrected chi connectivity index (χ4v) is 6.90. The number of phosphoric ester groups is 1. The SMILES string of the molecule is CC/C=C\C/C=C\C/C=C\CCCCCCCC(=O)OC(COC(=O)CCCCCCCCCCCCCCCCCCCCCCC)COP(=O)(O)OC. The van der Waals surface area contributed by atoms with E-state index in [9.17, 15) is 19.0 Å². The zero-order valence-corrected chi connectivity index (χ0v) is 36.7. The van der Waals surface area contributed by atoms with Gasteiger partial charge in [-0.05, 0) is 44.9 Å². The molecule has 0 radical (unpaired) electrons. The number of hydrogen-bond donors (Lipinski definition) is 1.